The first kappa shape index (κ1) is 22.3. The summed E-state index contributed by atoms with van der Waals surface area (Å²) in [5.41, 5.74) is 4.56. The first-order chi connectivity index (χ1) is 16.8. The number of rotatable bonds is 6. The minimum absolute atomic E-state index is 0.0898. The number of benzene rings is 2. The van der Waals surface area contributed by atoms with E-state index in [0.29, 0.717) is 30.9 Å². The van der Waals surface area contributed by atoms with Gasteiger partial charge in [-0.25, -0.2) is 9.97 Å². The van der Waals surface area contributed by atoms with E-state index in [1.807, 2.05) is 24.3 Å². The normalized spacial score (nSPS) is 16.7. The Bertz CT molecular complexity index is 1150. The van der Waals surface area contributed by atoms with E-state index in [4.69, 9.17) is 19.2 Å². The molecular weight excluding hydrogens is 428 g/mol. The van der Waals surface area contributed by atoms with Crippen molar-refractivity contribution in [3.05, 3.63) is 71.7 Å². The van der Waals surface area contributed by atoms with Crippen LogP contribution >= 0.6 is 0 Å². The Morgan fingerprint density at radius 1 is 0.971 bits per heavy atom. The molecule has 0 unspecified atom stereocenters. The molecule has 0 aliphatic carbocycles. The van der Waals surface area contributed by atoms with Gasteiger partial charge in [-0.1, -0.05) is 12.1 Å². The second-order valence-electron chi connectivity index (χ2n) is 8.55. The first-order valence-electron chi connectivity index (χ1n) is 11.8. The van der Waals surface area contributed by atoms with E-state index in [0.717, 1.165) is 61.8 Å². The molecule has 7 heteroatoms. The van der Waals surface area contributed by atoms with Gasteiger partial charge < -0.3 is 19.1 Å². The Kier molecular flexibility index (Phi) is 6.99. The van der Waals surface area contributed by atoms with Gasteiger partial charge in [-0.2, -0.15) is 5.26 Å². The van der Waals surface area contributed by atoms with Crippen molar-refractivity contribution in [3.63, 3.8) is 0 Å². The van der Waals surface area contributed by atoms with E-state index in [9.17, 15) is 5.26 Å². The lowest BCUT2D eigenvalue weighted by Crippen LogP contribution is -2.36. The smallest absolute Gasteiger partial charge is 0.137 e. The molecule has 5 rings (SSSR count). The third-order valence-electron chi connectivity index (χ3n) is 6.24. The first-order valence-corrected chi connectivity index (χ1v) is 11.8. The summed E-state index contributed by atoms with van der Waals surface area (Å²) >= 11 is 0. The fraction of sp³-hybridized carbons (Fsp3) is 0.370. The Labute approximate surface area is 199 Å². The molecule has 0 N–H and O–H groups in total. The second kappa shape index (κ2) is 10.6. The molecule has 2 aliphatic heterocycles. The molecule has 2 fully saturated rings. The van der Waals surface area contributed by atoms with Gasteiger partial charge in [-0.15, -0.1) is 0 Å². The number of hydrogen-bond acceptors (Lipinski definition) is 7. The minimum atomic E-state index is 0.0898. The van der Waals surface area contributed by atoms with Crippen LogP contribution in [0.1, 0.15) is 29.8 Å². The number of ether oxygens (including phenoxy) is 3. The molecule has 3 heterocycles. The van der Waals surface area contributed by atoms with Crippen molar-refractivity contribution in [1.82, 2.24) is 9.97 Å². The lowest BCUT2D eigenvalue weighted by Gasteiger charge is -2.28. The molecule has 0 amide bonds. The summed E-state index contributed by atoms with van der Waals surface area (Å²) in [5.74, 6) is 1.37. The second-order valence-corrected chi connectivity index (χ2v) is 8.55. The maximum Gasteiger partial charge on any atom is 0.137 e. The van der Waals surface area contributed by atoms with Crippen LogP contribution in [0.25, 0.3) is 11.3 Å². The number of nitriles is 1. The van der Waals surface area contributed by atoms with Gasteiger partial charge in [0.2, 0.25) is 0 Å². The highest BCUT2D eigenvalue weighted by molar-refractivity contribution is 5.64. The topological polar surface area (TPSA) is 80.5 Å². The third kappa shape index (κ3) is 5.36. The van der Waals surface area contributed by atoms with Crippen molar-refractivity contribution in [2.24, 2.45) is 0 Å². The van der Waals surface area contributed by atoms with Gasteiger partial charge >= 0.3 is 0 Å². The number of aromatic nitrogens is 2. The number of morpholine rings is 1. The molecule has 0 spiro atoms. The van der Waals surface area contributed by atoms with Crippen LogP contribution in [-0.4, -0.2) is 55.6 Å². The number of nitrogens with zero attached hydrogens (tertiary/aromatic N) is 4. The molecule has 0 saturated carbocycles. The monoisotopic (exact) mass is 456 g/mol. The highest BCUT2D eigenvalue weighted by atomic mass is 16.5. The van der Waals surface area contributed by atoms with Gasteiger partial charge in [0.1, 0.15) is 23.7 Å². The van der Waals surface area contributed by atoms with Crippen LogP contribution in [0.15, 0.2) is 54.7 Å². The summed E-state index contributed by atoms with van der Waals surface area (Å²) in [6, 6.07) is 18.4. The lowest BCUT2D eigenvalue weighted by atomic mass is 10.1. The predicted molar refractivity (Wildman–Crippen MR) is 129 cm³/mol. The molecule has 174 valence electrons. The predicted octanol–water partition coefficient (Wildman–Crippen LogP) is 4.00. The van der Waals surface area contributed by atoms with E-state index >= 15 is 0 Å². The van der Waals surface area contributed by atoms with E-state index in [1.54, 1.807) is 6.20 Å². The molecule has 1 aromatic heterocycles. The average Bonchev–Trinajstić information content (AvgIpc) is 2.91. The molecule has 2 saturated heterocycles. The van der Waals surface area contributed by atoms with Crippen LogP contribution < -0.4 is 9.64 Å². The van der Waals surface area contributed by atoms with Crippen molar-refractivity contribution in [2.75, 3.05) is 44.4 Å². The summed E-state index contributed by atoms with van der Waals surface area (Å²) in [6.45, 7) is 4.80. The van der Waals surface area contributed by atoms with Gasteiger partial charge in [0, 0.05) is 49.8 Å². The average molecular weight is 457 g/mol. The molecule has 2 aromatic carbocycles. The van der Waals surface area contributed by atoms with Gasteiger partial charge in [0.15, 0.2) is 0 Å². The molecule has 2 aliphatic rings. The molecule has 0 radical (unpaired) electrons. The van der Waals surface area contributed by atoms with Crippen molar-refractivity contribution in [2.45, 2.75) is 25.4 Å². The Morgan fingerprint density at radius 3 is 2.50 bits per heavy atom. The standard InChI is InChI=1S/C27H28N4O3/c28-19-22-18-21(3-6-26(22)34-24-8-13-32-14-9-24)25-7-10-29-27(30-25)17-20-1-4-23(5-2-20)31-11-15-33-16-12-31/h1-7,10,18,24H,8-9,11-17H2. The number of hydrogen-bond donors (Lipinski definition) is 0. The van der Waals surface area contributed by atoms with Crippen molar-refractivity contribution >= 4 is 5.69 Å². The summed E-state index contributed by atoms with van der Waals surface area (Å²) in [4.78, 5) is 11.6. The zero-order valence-electron chi connectivity index (χ0n) is 19.2. The third-order valence-corrected chi connectivity index (χ3v) is 6.24. The Hall–Kier alpha value is -3.47. The fourth-order valence-corrected chi connectivity index (χ4v) is 4.33. The highest BCUT2D eigenvalue weighted by Crippen LogP contribution is 2.28. The summed E-state index contributed by atoms with van der Waals surface area (Å²) in [6.07, 6.45) is 4.20. The van der Waals surface area contributed by atoms with Crippen molar-refractivity contribution in [1.29, 1.82) is 5.26 Å². The van der Waals surface area contributed by atoms with Crippen LogP contribution in [0.5, 0.6) is 5.75 Å². The van der Waals surface area contributed by atoms with Gasteiger partial charge in [0.25, 0.3) is 0 Å². The summed E-state index contributed by atoms with van der Waals surface area (Å²) < 4.78 is 16.9. The van der Waals surface area contributed by atoms with Crippen LogP contribution in [0, 0.1) is 11.3 Å². The number of anilines is 1. The zero-order valence-corrected chi connectivity index (χ0v) is 19.2. The quantitative estimate of drug-likeness (QED) is 0.555. The molecule has 7 nitrogen and oxygen atoms in total. The van der Waals surface area contributed by atoms with E-state index in [1.165, 1.54) is 5.69 Å². The molecular formula is C27H28N4O3. The van der Waals surface area contributed by atoms with Crippen molar-refractivity contribution < 1.29 is 14.2 Å². The fourth-order valence-electron chi connectivity index (χ4n) is 4.33. The Balaban J connectivity index is 1.29. The van der Waals surface area contributed by atoms with Crippen molar-refractivity contribution in [3.8, 4) is 23.1 Å². The van der Waals surface area contributed by atoms with Crippen LogP contribution in [0.2, 0.25) is 0 Å². The van der Waals surface area contributed by atoms with Crippen LogP contribution in [0.3, 0.4) is 0 Å². The van der Waals surface area contributed by atoms with E-state index in [2.05, 4.69) is 40.2 Å². The zero-order chi connectivity index (χ0) is 23.2. The Morgan fingerprint density at radius 2 is 1.74 bits per heavy atom. The summed E-state index contributed by atoms with van der Waals surface area (Å²) in [7, 11) is 0. The van der Waals surface area contributed by atoms with Crippen LogP contribution in [0.4, 0.5) is 5.69 Å². The minimum Gasteiger partial charge on any atom is -0.489 e. The lowest BCUT2D eigenvalue weighted by molar-refractivity contribution is 0.0254. The highest BCUT2D eigenvalue weighted by Gasteiger charge is 2.18. The molecule has 3 aromatic rings. The van der Waals surface area contributed by atoms with E-state index in [-0.39, 0.29) is 6.10 Å². The molecule has 34 heavy (non-hydrogen) atoms. The van der Waals surface area contributed by atoms with Gasteiger partial charge in [-0.05, 0) is 42.0 Å². The van der Waals surface area contributed by atoms with E-state index < -0.39 is 0 Å². The maximum atomic E-state index is 9.69. The molecule has 0 bridgehead atoms. The van der Waals surface area contributed by atoms with Gasteiger partial charge in [-0.3, -0.25) is 0 Å². The molecule has 0 atom stereocenters. The largest absolute Gasteiger partial charge is 0.489 e. The summed E-state index contributed by atoms with van der Waals surface area (Å²) in [5, 5.41) is 9.69. The SMILES string of the molecule is N#Cc1cc(-c2ccnc(Cc3ccc(N4CCOCC4)cc3)n2)ccc1OC1CCOCC1. The maximum absolute atomic E-state index is 9.69. The van der Waals surface area contributed by atoms with Crippen LogP contribution in [-0.2, 0) is 15.9 Å². The van der Waals surface area contributed by atoms with Gasteiger partial charge in [0.05, 0.1) is 37.7 Å².